The molecule has 1 N–H and O–H groups in total. The molecule has 0 aromatic carbocycles. The molecule has 0 saturated heterocycles. The molecule has 0 aromatic heterocycles. The van der Waals surface area contributed by atoms with Crippen LogP contribution in [0.2, 0.25) is 0 Å². The number of Topliss-reactive ketones (excluding diaryl/α,β-unsaturated/α-hetero) is 1. The SMILES string of the molecule is CCCCC(CC)/C(=N/O)C(=O)C(C)C. The Morgan fingerprint density at radius 3 is 2.27 bits per heavy atom. The Morgan fingerprint density at radius 1 is 1.33 bits per heavy atom. The Bertz CT molecular complexity index is 222. The number of oxime groups is 1. The highest BCUT2D eigenvalue weighted by molar-refractivity contribution is 6.41. The average Bonchev–Trinajstić information content (AvgIpc) is 2.23. The van der Waals surface area contributed by atoms with Gasteiger partial charge in [-0.1, -0.05) is 45.7 Å². The van der Waals surface area contributed by atoms with Crippen molar-refractivity contribution in [1.82, 2.24) is 0 Å². The Morgan fingerprint density at radius 2 is 1.93 bits per heavy atom. The van der Waals surface area contributed by atoms with E-state index in [-0.39, 0.29) is 17.6 Å². The Kier molecular flexibility index (Phi) is 7.01. The van der Waals surface area contributed by atoms with Crippen LogP contribution in [0.5, 0.6) is 0 Å². The summed E-state index contributed by atoms with van der Waals surface area (Å²) in [6.07, 6.45) is 3.97. The van der Waals surface area contributed by atoms with Crippen LogP contribution in [0.25, 0.3) is 0 Å². The standard InChI is InChI=1S/C12H23NO2/c1-5-7-8-10(6-2)11(13-15)12(14)9(3)4/h9-10,15H,5-8H2,1-4H3/b13-11-. The predicted molar refractivity (Wildman–Crippen MR) is 62.4 cm³/mol. The Labute approximate surface area is 92.6 Å². The van der Waals surface area contributed by atoms with Gasteiger partial charge in [-0.3, -0.25) is 4.79 Å². The third-order valence-corrected chi connectivity index (χ3v) is 2.67. The number of hydrogen-bond donors (Lipinski definition) is 1. The zero-order valence-electron chi connectivity index (χ0n) is 10.3. The van der Waals surface area contributed by atoms with Crippen LogP contribution >= 0.6 is 0 Å². The summed E-state index contributed by atoms with van der Waals surface area (Å²) in [5, 5.41) is 12.1. The molecule has 0 aliphatic carbocycles. The number of rotatable bonds is 7. The van der Waals surface area contributed by atoms with E-state index >= 15 is 0 Å². The van der Waals surface area contributed by atoms with Crippen LogP contribution in [0.1, 0.15) is 53.4 Å². The van der Waals surface area contributed by atoms with Gasteiger partial charge in [-0.25, -0.2) is 0 Å². The van der Waals surface area contributed by atoms with E-state index in [9.17, 15) is 4.79 Å². The summed E-state index contributed by atoms with van der Waals surface area (Å²) in [6, 6.07) is 0. The summed E-state index contributed by atoms with van der Waals surface area (Å²) in [5.74, 6) is -0.00289. The van der Waals surface area contributed by atoms with Gasteiger partial charge in [0, 0.05) is 11.8 Å². The molecule has 0 rings (SSSR count). The van der Waals surface area contributed by atoms with Crippen molar-refractivity contribution in [3.8, 4) is 0 Å². The molecule has 3 nitrogen and oxygen atoms in total. The summed E-state index contributed by atoms with van der Waals surface area (Å²) in [4.78, 5) is 11.7. The van der Waals surface area contributed by atoms with Crippen molar-refractivity contribution in [3.63, 3.8) is 0 Å². The monoisotopic (exact) mass is 213 g/mol. The fraction of sp³-hybridized carbons (Fsp3) is 0.833. The maximum Gasteiger partial charge on any atom is 0.183 e. The third-order valence-electron chi connectivity index (χ3n) is 2.67. The van der Waals surface area contributed by atoms with E-state index in [1.54, 1.807) is 0 Å². The molecule has 0 saturated carbocycles. The van der Waals surface area contributed by atoms with E-state index < -0.39 is 0 Å². The van der Waals surface area contributed by atoms with E-state index in [1.165, 1.54) is 0 Å². The zero-order valence-corrected chi connectivity index (χ0v) is 10.3. The van der Waals surface area contributed by atoms with Crippen molar-refractivity contribution in [2.24, 2.45) is 17.0 Å². The van der Waals surface area contributed by atoms with Gasteiger partial charge in [0.1, 0.15) is 5.71 Å². The van der Waals surface area contributed by atoms with Gasteiger partial charge >= 0.3 is 0 Å². The van der Waals surface area contributed by atoms with Crippen molar-refractivity contribution in [2.75, 3.05) is 0 Å². The van der Waals surface area contributed by atoms with Crippen molar-refractivity contribution >= 4 is 11.5 Å². The maximum atomic E-state index is 11.7. The second-order valence-electron chi connectivity index (χ2n) is 4.25. The lowest BCUT2D eigenvalue weighted by molar-refractivity contribution is -0.116. The van der Waals surface area contributed by atoms with Crippen LogP contribution in [0, 0.1) is 11.8 Å². The van der Waals surface area contributed by atoms with E-state index in [1.807, 2.05) is 20.8 Å². The van der Waals surface area contributed by atoms with Crippen molar-refractivity contribution < 1.29 is 10.0 Å². The average molecular weight is 213 g/mol. The van der Waals surface area contributed by atoms with Crippen molar-refractivity contribution in [3.05, 3.63) is 0 Å². The molecule has 0 radical (unpaired) electrons. The largest absolute Gasteiger partial charge is 0.411 e. The van der Waals surface area contributed by atoms with Crippen LogP contribution in [0.3, 0.4) is 0 Å². The van der Waals surface area contributed by atoms with E-state index in [0.717, 1.165) is 25.7 Å². The van der Waals surface area contributed by atoms with Gasteiger partial charge < -0.3 is 5.21 Å². The van der Waals surface area contributed by atoms with E-state index in [2.05, 4.69) is 12.1 Å². The lowest BCUT2D eigenvalue weighted by Crippen LogP contribution is -2.27. The van der Waals surface area contributed by atoms with Crippen LogP contribution in [-0.2, 0) is 4.79 Å². The van der Waals surface area contributed by atoms with Gasteiger partial charge in [0.2, 0.25) is 0 Å². The number of ketones is 1. The second-order valence-corrected chi connectivity index (χ2v) is 4.25. The highest BCUT2D eigenvalue weighted by Gasteiger charge is 2.23. The zero-order chi connectivity index (χ0) is 11.8. The first-order valence-corrected chi connectivity index (χ1v) is 5.84. The Balaban J connectivity index is 4.55. The second kappa shape index (κ2) is 7.43. The first kappa shape index (κ1) is 14.1. The third kappa shape index (κ3) is 4.45. The van der Waals surface area contributed by atoms with Gasteiger partial charge in [-0.05, 0) is 12.8 Å². The molecular formula is C12H23NO2. The molecule has 1 atom stereocenters. The van der Waals surface area contributed by atoms with Gasteiger partial charge in [-0.15, -0.1) is 0 Å². The number of carbonyl (C=O) groups excluding carboxylic acids is 1. The molecule has 3 heteroatoms. The number of unbranched alkanes of at least 4 members (excludes halogenated alkanes) is 1. The van der Waals surface area contributed by atoms with Crippen LogP contribution < -0.4 is 0 Å². The maximum absolute atomic E-state index is 11.7. The normalized spacial score (nSPS) is 14.3. The summed E-state index contributed by atoms with van der Waals surface area (Å²) >= 11 is 0. The summed E-state index contributed by atoms with van der Waals surface area (Å²) in [7, 11) is 0. The molecule has 0 aliphatic rings. The summed E-state index contributed by atoms with van der Waals surface area (Å²) < 4.78 is 0. The van der Waals surface area contributed by atoms with Crippen LogP contribution in [0.15, 0.2) is 5.16 Å². The molecule has 15 heavy (non-hydrogen) atoms. The molecule has 0 heterocycles. The van der Waals surface area contributed by atoms with Gasteiger partial charge in [0.05, 0.1) is 0 Å². The van der Waals surface area contributed by atoms with E-state index in [0.29, 0.717) is 5.71 Å². The minimum absolute atomic E-state index is 0.0274. The predicted octanol–water partition coefficient (Wildman–Crippen LogP) is 3.26. The highest BCUT2D eigenvalue weighted by Crippen LogP contribution is 2.17. The first-order chi connectivity index (χ1) is 7.08. The van der Waals surface area contributed by atoms with Crippen LogP contribution in [0.4, 0.5) is 0 Å². The quantitative estimate of drug-likeness (QED) is 0.401. The van der Waals surface area contributed by atoms with Gasteiger partial charge in [0.15, 0.2) is 5.78 Å². The lowest BCUT2D eigenvalue weighted by atomic mass is 9.88. The Hall–Kier alpha value is -0.860. The molecule has 0 bridgehead atoms. The van der Waals surface area contributed by atoms with Gasteiger partial charge in [-0.2, -0.15) is 0 Å². The highest BCUT2D eigenvalue weighted by atomic mass is 16.4. The fourth-order valence-corrected chi connectivity index (χ4v) is 1.61. The molecular weight excluding hydrogens is 190 g/mol. The molecule has 88 valence electrons. The molecule has 1 unspecified atom stereocenters. The minimum Gasteiger partial charge on any atom is -0.411 e. The molecule has 0 amide bonds. The first-order valence-electron chi connectivity index (χ1n) is 5.84. The number of hydrogen-bond acceptors (Lipinski definition) is 3. The number of carbonyl (C=O) groups is 1. The van der Waals surface area contributed by atoms with Crippen LogP contribution in [-0.4, -0.2) is 16.7 Å². The van der Waals surface area contributed by atoms with Gasteiger partial charge in [0.25, 0.3) is 0 Å². The molecule has 0 spiro atoms. The summed E-state index contributed by atoms with van der Waals surface area (Å²) in [6.45, 7) is 7.81. The lowest BCUT2D eigenvalue weighted by Gasteiger charge is -2.16. The topological polar surface area (TPSA) is 49.7 Å². The molecule has 0 fully saturated rings. The van der Waals surface area contributed by atoms with E-state index in [4.69, 9.17) is 5.21 Å². The number of nitrogens with zero attached hydrogens (tertiary/aromatic N) is 1. The van der Waals surface area contributed by atoms with Crippen molar-refractivity contribution in [1.29, 1.82) is 0 Å². The molecule has 0 aromatic rings. The molecule has 0 aliphatic heterocycles. The smallest absolute Gasteiger partial charge is 0.183 e. The fourth-order valence-electron chi connectivity index (χ4n) is 1.61. The van der Waals surface area contributed by atoms with Crippen molar-refractivity contribution in [2.45, 2.75) is 53.4 Å². The summed E-state index contributed by atoms with van der Waals surface area (Å²) in [5.41, 5.74) is 0.362. The minimum atomic E-state index is -0.0911.